The van der Waals surface area contributed by atoms with Gasteiger partial charge in [-0.2, -0.15) is 4.39 Å². The number of nitrogens with one attached hydrogen (secondary N) is 1. The van der Waals surface area contributed by atoms with Crippen molar-refractivity contribution in [3.05, 3.63) is 47.5 Å². The zero-order chi connectivity index (χ0) is 21.7. The van der Waals surface area contributed by atoms with Gasteiger partial charge >= 0.3 is 0 Å². The molecule has 30 heavy (non-hydrogen) atoms. The number of rotatable bonds is 8. The third-order valence-corrected chi connectivity index (χ3v) is 5.52. The maximum absolute atomic E-state index is 15.0. The third kappa shape index (κ3) is 5.43. The number of halogens is 1. The number of aromatic nitrogens is 2. The first-order chi connectivity index (χ1) is 14.3. The Morgan fingerprint density at radius 1 is 1.40 bits per heavy atom. The van der Waals surface area contributed by atoms with Crippen LogP contribution in [0.15, 0.2) is 30.6 Å². The highest BCUT2D eigenvalue weighted by molar-refractivity contribution is 5.75. The normalized spacial score (nSPS) is 19.5. The van der Waals surface area contributed by atoms with Crippen molar-refractivity contribution in [1.29, 1.82) is 0 Å². The highest BCUT2D eigenvalue weighted by Crippen LogP contribution is 2.24. The fraction of sp³-hybridized carbons (Fsp3) is 0.476. The molecule has 1 aromatic carbocycles. The smallest absolute Gasteiger partial charge is 0.231 e. The van der Waals surface area contributed by atoms with Crippen LogP contribution in [0, 0.1) is 18.7 Å². The number of hydrogen-bond donors (Lipinski definition) is 3. The Labute approximate surface area is 175 Å². The standard InChI is InChI=1S/C21H29FN6O2/c1-14-5-3-4-6-16(14)10-27(2)21-19(22)20(25-13-26-21)24-9-15-7-8-28(11-17(15)29)12-18(23)30/h3-6,13,15,17,29H,7-12H2,1-2H3,(H2,23,30)(H,24,25,26). The number of piperidine rings is 1. The lowest BCUT2D eigenvalue weighted by atomic mass is 9.94. The summed E-state index contributed by atoms with van der Waals surface area (Å²) in [6.45, 7) is 4.08. The Balaban J connectivity index is 1.61. The molecule has 1 fully saturated rings. The fourth-order valence-electron chi connectivity index (χ4n) is 3.74. The maximum Gasteiger partial charge on any atom is 0.231 e. The highest BCUT2D eigenvalue weighted by Gasteiger charge is 2.28. The molecule has 0 saturated carbocycles. The van der Waals surface area contributed by atoms with Gasteiger partial charge in [-0.3, -0.25) is 9.69 Å². The number of benzene rings is 1. The molecule has 0 radical (unpaired) electrons. The largest absolute Gasteiger partial charge is 0.391 e. The molecule has 0 spiro atoms. The first kappa shape index (κ1) is 21.9. The Hall–Kier alpha value is -2.78. The average molecular weight is 417 g/mol. The van der Waals surface area contributed by atoms with E-state index in [1.165, 1.54) is 6.33 Å². The maximum atomic E-state index is 15.0. The van der Waals surface area contributed by atoms with Crippen molar-refractivity contribution in [1.82, 2.24) is 14.9 Å². The van der Waals surface area contributed by atoms with E-state index in [1.807, 2.05) is 36.1 Å². The number of carbonyl (C=O) groups excluding carboxylic acids is 1. The van der Waals surface area contributed by atoms with Gasteiger partial charge in [-0.15, -0.1) is 0 Å². The highest BCUT2D eigenvalue weighted by atomic mass is 19.1. The van der Waals surface area contributed by atoms with Crippen molar-refractivity contribution >= 4 is 17.5 Å². The van der Waals surface area contributed by atoms with Crippen LogP contribution in [0.3, 0.4) is 0 Å². The van der Waals surface area contributed by atoms with Crippen LogP contribution < -0.4 is 16.0 Å². The quantitative estimate of drug-likeness (QED) is 0.592. The Morgan fingerprint density at radius 3 is 2.87 bits per heavy atom. The third-order valence-electron chi connectivity index (χ3n) is 5.52. The molecule has 8 nitrogen and oxygen atoms in total. The van der Waals surface area contributed by atoms with E-state index in [1.54, 1.807) is 11.9 Å². The lowest BCUT2D eigenvalue weighted by Crippen LogP contribution is -2.48. The summed E-state index contributed by atoms with van der Waals surface area (Å²) in [5.74, 6) is -0.675. The summed E-state index contributed by atoms with van der Waals surface area (Å²) in [5, 5.41) is 13.4. The molecule has 1 aliphatic rings. The molecule has 162 valence electrons. The molecule has 4 N–H and O–H groups in total. The van der Waals surface area contributed by atoms with Crippen LogP contribution in [0.2, 0.25) is 0 Å². The van der Waals surface area contributed by atoms with Crippen molar-refractivity contribution in [2.24, 2.45) is 11.7 Å². The van der Waals surface area contributed by atoms with Crippen LogP contribution >= 0.6 is 0 Å². The zero-order valence-corrected chi connectivity index (χ0v) is 17.4. The molecule has 9 heteroatoms. The molecule has 1 saturated heterocycles. The number of amides is 1. The van der Waals surface area contributed by atoms with Crippen LogP contribution in [0.25, 0.3) is 0 Å². The topological polar surface area (TPSA) is 108 Å². The second-order valence-electron chi connectivity index (χ2n) is 7.84. The summed E-state index contributed by atoms with van der Waals surface area (Å²) in [7, 11) is 1.79. The molecule has 0 bridgehead atoms. The predicted octanol–water partition coefficient (Wildman–Crippen LogP) is 1.14. The monoisotopic (exact) mass is 416 g/mol. The molecular weight excluding hydrogens is 387 g/mol. The van der Waals surface area contributed by atoms with E-state index >= 15 is 4.39 Å². The van der Waals surface area contributed by atoms with Crippen molar-refractivity contribution < 1.29 is 14.3 Å². The predicted molar refractivity (Wildman–Crippen MR) is 114 cm³/mol. The number of β-amino-alcohol motifs (C(OH)–C–C–N with tert-alkyl or cyclic N) is 1. The minimum atomic E-state index is -0.626. The number of carbonyl (C=O) groups is 1. The van der Waals surface area contributed by atoms with E-state index in [0.717, 1.165) is 11.1 Å². The van der Waals surface area contributed by atoms with Gasteiger partial charge in [0, 0.05) is 32.6 Å². The summed E-state index contributed by atoms with van der Waals surface area (Å²) in [6.07, 6.45) is 1.38. The van der Waals surface area contributed by atoms with Gasteiger partial charge in [-0.05, 0) is 31.0 Å². The minimum absolute atomic E-state index is 0.0726. The van der Waals surface area contributed by atoms with Gasteiger partial charge < -0.3 is 21.1 Å². The molecular formula is C21H29FN6O2. The second-order valence-corrected chi connectivity index (χ2v) is 7.84. The van der Waals surface area contributed by atoms with Crippen LogP contribution in [-0.4, -0.2) is 65.2 Å². The van der Waals surface area contributed by atoms with Crippen LogP contribution in [-0.2, 0) is 11.3 Å². The van der Waals surface area contributed by atoms with Crippen molar-refractivity contribution in [2.45, 2.75) is 26.0 Å². The lowest BCUT2D eigenvalue weighted by molar-refractivity contribution is -0.120. The van der Waals surface area contributed by atoms with Gasteiger partial charge in [0.1, 0.15) is 6.33 Å². The molecule has 2 aromatic rings. The molecule has 2 unspecified atom stereocenters. The molecule has 2 atom stereocenters. The number of likely N-dealkylation sites (tertiary alicyclic amines) is 1. The Kier molecular flexibility index (Phi) is 7.17. The van der Waals surface area contributed by atoms with Crippen molar-refractivity contribution in [3.63, 3.8) is 0 Å². The number of anilines is 2. The molecule has 0 aliphatic carbocycles. The van der Waals surface area contributed by atoms with E-state index in [9.17, 15) is 9.90 Å². The first-order valence-corrected chi connectivity index (χ1v) is 10.0. The Bertz CT molecular complexity index is 880. The van der Waals surface area contributed by atoms with E-state index in [0.29, 0.717) is 32.6 Å². The summed E-state index contributed by atoms with van der Waals surface area (Å²) < 4.78 is 15.0. The van der Waals surface area contributed by atoms with Crippen LogP contribution in [0.1, 0.15) is 17.5 Å². The van der Waals surface area contributed by atoms with Gasteiger partial charge in [0.2, 0.25) is 11.7 Å². The summed E-state index contributed by atoms with van der Waals surface area (Å²) in [5.41, 5.74) is 7.44. The number of primary amides is 1. The molecule has 3 rings (SSSR count). The lowest BCUT2D eigenvalue weighted by Gasteiger charge is -2.35. The fourth-order valence-corrected chi connectivity index (χ4v) is 3.74. The Morgan fingerprint density at radius 2 is 2.17 bits per heavy atom. The minimum Gasteiger partial charge on any atom is -0.391 e. The number of aryl methyl sites for hydroxylation is 1. The van der Waals surface area contributed by atoms with E-state index in [2.05, 4.69) is 15.3 Å². The van der Waals surface area contributed by atoms with Crippen molar-refractivity contribution in [3.8, 4) is 0 Å². The average Bonchev–Trinajstić information content (AvgIpc) is 2.69. The molecule has 1 aliphatic heterocycles. The number of aliphatic hydroxyl groups is 1. The van der Waals surface area contributed by atoms with E-state index < -0.39 is 17.8 Å². The van der Waals surface area contributed by atoms with Gasteiger partial charge in [0.25, 0.3) is 0 Å². The molecule has 1 aromatic heterocycles. The van der Waals surface area contributed by atoms with Gasteiger partial charge in [-0.1, -0.05) is 24.3 Å². The van der Waals surface area contributed by atoms with Crippen molar-refractivity contribution in [2.75, 3.05) is 43.4 Å². The summed E-state index contributed by atoms with van der Waals surface area (Å²) in [6, 6.07) is 7.96. The number of hydrogen-bond acceptors (Lipinski definition) is 7. The van der Waals surface area contributed by atoms with Gasteiger partial charge in [0.05, 0.1) is 12.6 Å². The number of nitrogens with zero attached hydrogens (tertiary/aromatic N) is 4. The first-order valence-electron chi connectivity index (χ1n) is 10.0. The SMILES string of the molecule is Cc1ccccc1CN(C)c1ncnc(NCC2CCN(CC(N)=O)CC2O)c1F. The summed E-state index contributed by atoms with van der Waals surface area (Å²) in [4.78, 5) is 22.8. The summed E-state index contributed by atoms with van der Waals surface area (Å²) >= 11 is 0. The number of aliphatic hydroxyl groups excluding tert-OH is 1. The van der Waals surface area contributed by atoms with Crippen LogP contribution in [0.5, 0.6) is 0 Å². The van der Waals surface area contributed by atoms with Crippen LogP contribution in [0.4, 0.5) is 16.0 Å². The zero-order valence-electron chi connectivity index (χ0n) is 17.4. The number of nitrogens with two attached hydrogens (primary N) is 1. The van der Waals surface area contributed by atoms with E-state index in [4.69, 9.17) is 5.73 Å². The van der Waals surface area contributed by atoms with Gasteiger partial charge in [-0.25, -0.2) is 9.97 Å². The molecule has 2 heterocycles. The molecule has 1 amide bonds. The van der Waals surface area contributed by atoms with E-state index in [-0.39, 0.29) is 24.1 Å². The second kappa shape index (κ2) is 9.82. The van der Waals surface area contributed by atoms with Gasteiger partial charge in [0.15, 0.2) is 11.6 Å².